The van der Waals surface area contributed by atoms with Crippen LogP contribution in [0, 0.1) is 0 Å². The highest BCUT2D eigenvalue weighted by Crippen LogP contribution is 2.07. The molecule has 0 aliphatic carbocycles. The van der Waals surface area contributed by atoms with E-state index in [-0.39, 0.29) is 0 Å². The van der Waals surface area contributed by atoms with Gasteiger partial charge >= 0.3 is 0 Å². The third kappa shape index (κ3) is 2.09. The molecule has 0 spiro atoms. The van der Waals surface area contributed by atoms with Gasteiger partial charge in [-0.05, 0) is 6.92 Å². The minimum absolute atomic E-state index is 0.418. The first-order chi connectivity index (χ1) is 4.63. The summed E-state index contributed by atoms with van der Waals surface area (Å²) in [6.45, 7) is 3.57. The van der Waals surface area contributed by atoms with E-state index < -0.39 is 5.91 Å². The molecule has 3 nitrogen and oxygen atoms in total. The topological polar surface area (TPSA) is 52.3 Å². The summed E-state index contributed by atoms with van der Waals surface area (Å²) in [6.07, 6.45) is 0.700. The van der Waals surface area contributed by atoms with Crippen LogP contribution in [0.1, 0.15) is 20.3 Å². The number of carbonyl (C=O) groups is 1. The minimum atomic E-state index is -0.418. The number of nitrogens with two attached hydrogens (primary N) is 1. The van der Waals surface area contributed by atoms with Crippen molar-refractivity contribution in [1.29, 1.82) is 0 Å². The SMILES string of the molecule is CCC(OC)=C(C)C(N)=O. The van der Waals surface area contributed by atoms with Crippen LogP contribution < -0.4 is 5.73 Å². The second-order valence-electron chi connectivity index (χ2n) is 1.97. The van der Waals surface area contributed by atoms with Gasteiger partial charge in [0.2, 0.25) is 5.91 Å². The van der Waals surface area contributed by atoms with E-state index in [0.717, 1.165) is 0 Å². The lowest BCUT2D eigenvalue weighted by Crippen LogP contribution is -2.14. The van der Waals surface area contributed by atoms with Gasteiger partial charge in [0.05, 0.1) is 12.7 Å². The Balaban J connectivity index is 4.43. The van der Waals surface area contributed by atoms with Gasteiger partial charge in [0.15, 0.2) is 0 Å². The van der Waals surface area contributed by atoms with Crippen molar-refractivity contribution in [2.45, 2.75) is 20.3 Å². The third-order valence-electron chi connectivity index (χ3n) is 1.36. The molecule has 0 saturated heterocycles. The molecule has 10 heavy (non-hydrogen) atoms. The van der Waals surface area contributed by atoms with Crippen molar-refractivity contribution in [1.82, 2.24) is 0 Å². The molecule has 0 fully saturated rings. The van der Waals surface area contributed by atoms with Gasteiger partial charge in [0.1, 0.15) is 5.76 Å². The fourth-order valence-electron chi connectivity index (χ4n) is 0.700. The van der Waals surface area contributed by atoms with Crippen LogP contribution in [-0.4, -0.2) is 13.0 Å². The quantitative estimate of drug-likeness (QED) is 0.469. The zero-order valence-electron chi connectivity index (χ0n) is 6.60. The van der Waals surface area contributed by atoms with Gasteiger partial charge in [-0.15, -0.1) is 0 Å². The molecule has 0 aromatic heterocycles. The Morgan fingerprint density at radius 3 is 2.20 bits per heavy atom. The van der Waals surface area contributed by atoms with E-state index in [1.54, 1.807) is 6.92 Å². The van der Waals surface area contributed by atoms with Crippen molar-refractivity contribution in [3.8, 4) is 0 Å². The lowest BCUT2D eigenvalue weighted by atomic mass is 10.2. The van der Waals surface area contributed by atoms with Gasteiger partial charge in [-0.3, -0.25) is 4.79 Å². The second kappa shape index (κ2) is 3.93. The molecule has 3 heteroatoms. The van der Waals surface area contributed by atoms with Gasteiger partial charge in [-0.1, -0.05) is 6.92 Å². The van der Waals surface area contributed by atoms with Crippen LogP contribution in [0.5, 0.6) is 0 Å². The van der Waals surface area contributed by atoms with Crippen molar-refractivity contribution in [2.75, 3.05) is 7.11 Å². The Bertz CT molecular complexity index is 155. The van der Waals surface area contributed by atoms with Crippen molar-refractivity contribution in [2.24, 2.45) is 5.73 Å². The summed E-state index contributed by atoms with van der Waals surface area (Å²) in [5.41, 5.74) is 5.52. The van der Waals surface area contributed by atoms with Crippen LogP contribution in [0.3, 0.4) is 0 Å². The normalized spacial score (nSPS) is 12.3. The summed E-state index contributed by atoms with van der Waals surface area (Å²) in [5, 5.41) is 0. The highest BCUT2D eigenvalue weighted by Gasteiger charge is 2.04. The average Bonchev–Trinajstić information content (AvgIpc) is 1.90. The van der Waals surface area contributed by atoms with Crippen LogP contribution in [0.25, 0.3) is 0 Å². The van der Waals surface area contributed by atoms with Crippen molar-refractivity contribution in [3.05, 3.63) is 11.3 Å². The fourth-order valence-corrected chi connectivity index (χ4v) is 0.700. The number of ether oxygens (including phenoxy) is 1. The standard InChI is InChI=1S/C7H13NO2/c1-4-6(10-3)5(2)7(8)9/h4H2,1-3H3,(H2,8,9). The maximum atomic E-state index is 10.5. The summed E-state index contributed by atoms with van der Waals surface area (Å²) in [6, 6.07) is 0. The number of carbonyl (C=O) groups excluding carboxylic acids is 1. The molecule has 0 aromatic rings. The predicted octanol–water partition coefficient (Wildman–Crippen LogP) is 0.802. The molecule has 0 aromatic carbocycles. The van der Waals surface area contributed by atoms with E-state index in [1.165, 1.54) is 7.11 Å². The maximum Gasteiger partial charge on any atom is 0.247 e. The first kappa shape index (κ1) is 9.01. The van der Waals surface area contributed by atoms with E-state index in [1.807, 2.05) is 6.92 Å². The Morgan fingerprint density at radius 2 is 2.10 bits per heavy atom. The summed E-state index contributed by atoms with van der Waals surface area (Å²) >= 11 is 0. The molecule has 2 N–H and O–H groups in total. The lowest BCUT2D eigenvalue weighted by molar-refractivity contribution is -0.114. The van der Waals surface area contributed by atoms with Crippen LogP contribution in [0.2, 0.25) is 0 Å². The van der Waals surface area contributed by atoms with E-state index in [0.29, 0.717) is 17.8 Å². The molecule has 0 unspecified atom stereocenters. The number of hydrogen-bond acceptors (Lipinski definition) is 2. The van der Waals surface area contributed by atoms with Gasteiger partial charge in [0, 0.05) is 6.42 Å². The van der Waals surface area contributed by atoms with Crippen molar-refractivity contribution in [3.63, 3.8) is 0 Å². The Morgan fingerprint density at radius 1 is 1.60 bits per heavy atom. The molecule has 0 saturated carbocycles. The van der Waals surface area contributed by atoms with E-state index in [4.69, 9.17) is 10.5 Å². The van der Waals surface area contributed by atoms with Crippen molar-refractivity contribution >= 4 is 5.91 Å². The van der Waals surface area contributed by atoms with E-state index in [2.05, 4.69) is 0 Å². The van der Waals surface area contributed by atoms with Gasteiger partial charge in [0.25, 0.3) is 0 Å². The molecule has 0 heterocycles. The molecule has 0 aliphatic heterocycles. The summed E-state index contributed by atoms with van der Waals surface area (Å²) in [5.74, 6) is 0.242. The van der Waals surface area contributed by atoms with Crippen LogP contribution in [-0.2, 0) is 9.53 Å². The van der Waals surface area contributed by atoms with E-state index in [9.17, 15) is 4.79 Å². The minimum Gasteiger partial charge on any atom is -0.501 e. The monoisotopic (exact) mass is 143 g/mol. The molecule has 0 aliphatic rings. The van der Waals surface area contributed by atoms with Crippen LogP contribution >= 0.6 is 0 Å². The van der Waals surface area contributed by atoms with Crippen molar-refractivity contribution < 1.29 is 9.53 Å². The summed E-state index contributed by atoms with van der Waals surface area (Å²) in [4.78, 5) is 10.5. The summed E-state index contributed by atoms with van der Waals surface area (Å²) < 4.78 is 4.90. The molecule has 0 atom stereocenters. The zero-order valence-corrected chi connectivity index (χ0v) is 6.60. The van der Waals surface area contributed by atoms with Gasteiger partial charge in [-0.2, -0.15) is 0 Å². The highest BCUT2D eigenvalue weighted by molar-refractivity contribution is 5.91. The summed E-state index contributed by atoms with van der Waals surface area (Å²) in [7, 11) is 1.53. The number of amides is 1. The first-order valence-corrected chi connectivity index (χ1v) is 3.17. The van der Waals surface area contributed by atoms with E-state index >= 15 is 0 Å². The molecule has 0 bridgehead atoms. The molecule has 0 radical (unpaired) electrons. The molecule has 0 rings (SSSR count). The molecular weight excluding hydrogens is 130 g/mol. The lowest BCUT2D eigenvalue weighted by Gasteiger charge is -2.04. The Labute approximate surface area is 60.9 Å². The zero-order chi connectivity index (χ0) is 8.15. The highest BCUT2D eigenvalue weighted by atomic mass is 16.5. The predicted molar refractivity (Wildman–Crippen MR) is 39.2 cm³/mol. The third-order valence-corrected chi connectivity index (χ3v) is 1.36. The Hall–Kier alpha value is -0.990. The fraction of sp³-hybridized carbons (Fsp3) is 0.571. The molecule has 58 valence electrons. The number of allylic oxidation sites excluding steroid dienone is 1. The largest absolute Gasteiger partial charge is 0.501 e. The smallest absolute Gasteiger partial charge is 0.247 e. The number of primary amides is 1. The van der Waals surface area contributed by atoms with Gasteiger partial charge in [-0.25, -0.2) is 0 Å². The maximum absolute atomic E-state index is 10.5. The Kier molecular flexibility index (Phi) is 3.54. The van der Waals surface area contributed by atoms with Gasteiger partial charge < -0.3 is 10.5 Å². The van der Waals surface area contributed by atoms with Crippen LogP contribution in [0.15, 0.2) is 11.3 Å². The second-order valence-corrected chi connectivity index (χ2v) is 1.97. The number of hydrogen-bond donors (Lipinski definition) is 1. The average molecular weight is 143 g/mol. The van der Waals surface area contributed by atoms with Crippen LogP contribution in [0.4, 0.5) is 0 Å². The molecule has 1 amide bonds. The molecular formula is C7H13NO2. The first-order valence-electron chi connectivity index (χ1n) is 3.17. The number of rotatable bonds is 3. The number of methoxy groups -OCH3 is 1.